The number of aliphatic carboxylic acids is 1. The predicted octanol–water partition coefficient (Wildman–Crippen LogP) is 3.01. The van der Waals surface area contributed by atoms with Gasteiger partial charge in [0.1, 0.15) is 5.15 Å². The Morgan fingerprint density at radius 2 is 2.11 bits per heavy atom. The van der Waals surface area contributed by atoms with E-state index in [2.05, 4.69) is 15.5 Å². The van der Waals surface area contributed by atoms with Gasteiger partial charge < -0.3 is 14.6 Å². The Morgan fingerprint density at radius 1 is 1.33 bits per heavy atom. The van der Waals surface area contributed by atoms with Gasteiger partial charge in [0.05, 0.1) is 23.4 Å². The van der Waals surface area contributed by atoms with Crippen LogP contribution in [0.5, 0.6) is 11.5 Å². The second-order valence-electron chi connectivity index (χ2n) is 4.99. The number of hydrogen-bond donors (Lipinski definition) is 2. The minimum Gasteiger partial charge on any atom is -0.490 e. The summed E-state index contributed by atoms with van der Waals surface area (Å²) in [7, 11) is 0. The molecule has 2 rings (SSSR count). The first-order chi connectivity index (χ1) is 12.9. The fourth-order valence-electron chi connectivity index (χ4n) is 1.98. The van der Waals surface area contributed by atoms with Gasteiger partial charge in [-0.05, 0) is 36.8 Å². The van der Waals surface area contributed by atoms with E-state index in [4.69, 9.17) is 37.8 Å². The van der Waals surface area contributed by atoms with Gasteiger partial charge in [0.2, 0.25) is 0 Å². The maximum atomic E-state index is 12.0. The van der Waals surface area contributed by atoms with Gasteiger partial charge in [-0.1, -0.05) is 23.2 Å². The number of aromatic nitrogens is 1. The first kappa shape index (κ1) is 20.5. The molecule has 8 nitrogen and oxygen atoms in total. The molecule has 0 aliphatic carbocycles. The summed E-state index contributed by atoms with van der Waals surface area (Å²) in [6.07, 6.45) is 2.81. The van der Waals surface area contributed by atoms with Crippen LogP contribution in [-0.4, -0.2) is 41.4 Å². The van der Waals surface area contributed by atoms with Crippen molar-refractivity contribution in [3.63, 3.8) is 0 Å². The van der Waals surface area contributed by atoms with E-state index >= 15 is 0 Å². The highest BCUT2D eigenvalue weighted by Gasteiger charge is 2.14. The van der Waals surface area contributed by atoms with Gasteiger partial charge in [0.15, 0.2) is 18.1 Å². The van der Waals surface area contributed by atoms with Crippen LogP contribution in [0, 0.1) is 0 Å². The van der Waals surface area contributed by atoms with E-state index in [0.717, 1.165) is 0 Å². The van der Waals surface area contributed by atoms with Crippen LogP contribution in [0.2, 0.25) is 10.2 Å². The standard InChI is InChI=1S/C17H15Cl2N3O5/c1-2-26-13-7-10(6-12(18)15(13)27-9-14(23)24)8-21-22-17(25)11-4-3-5-20-16(11)19/h3-8H,2,9H2,1H3,(H,22,25)(H,23,24). The summed E-state index contributed by atoms with van der Waals surface area (Å²) in [4.78, 5) is 26.5. The van der Waals surface area contributed by atoms with Gasteiger partial charge in [-0.15, -0.1) is 0 Å². The molecule has 0 saturated heterocycles. The van der Waals surface area contributed by atoms with Crippen molar-refractivity contribution in [2.24, 2.45) is 5.10 Å². The number of hydrazone groups is 1. The second kappa shape index (κ2) is 9.75. The Labute approximate surface area is 164 Å². The zero-order valence-corrected chi connectivity index (χ0v) is 15.6. The fourth-order valence-corrected chi connectivity index (χ4v) is 2.46. The van der Waals surface area contributed by atoms with Crippen LogP contribution in [0.3, 0.4) is 0 Å². The van der Waals surface area contributed by atoms with E-state index < -0.39 is 18.5 Å². The first-order valence-electron chi connectivity index (χ1n) is 7.67. The highest BCUT2D eigenvalue weighted by atomic mass is 35.5. The molecule has 0 fully saturated rings. The number of benzene rings is 1. The van der Waals surface area contributed by atoms with Gasteiger partial charge in [0.25, 0.3) is 5.91 Å². The highest BCUT2D eigenvalue weighted by molar-refractivity contribution is 6.33. The van der Waals surface area contributed by atoms with Gasteiger partial charge in [-0.25, -0.2) is 15.2 Å². The first-order valence-corrected chi connectivity index (χ1v) is 8.42. The summed E-state index contributed by atoms with van der Waals surface area (Å²) in [5, 5.41) is 12.8. The maximum Gasteiger partial charge on any atom is 0.341 e. The van der Waals surface area contributed by atoms with Crippen LogP contribution in [-0.2, 0) is 4.79 Å². The van der Waals surface area contributed by atoms with Crippen LogP contribution in [0.4, 0.5) is 0 Å². The summed E-state index contributed by atoms with van der Waals surface area (Å²) >= 11 is 12.0. The molecule has 1 heterocycles. The van der Waals surface area contributed by atoms with Crippen molar-refractivity contribution < 1.29 is 24.2 Å². The number of amides is 1. The average molecular weight is 412 g/mol. The Kier molecular flexibility index (Phi) is 7.39. The molecule has 27 heavy (non-hydrogen) atoms. The highest BCUT2D eigenvalue weighted by Crippen LogP contribution is 2.36. The van der Waals surface area contributed by atoms with E-state index in [1.165, 1.54) is 24.5 Å². The van der Waals surface area contributed by atoms with Gasteiger partial charge in [-0.3, -0.25) is 4.79 Å². The monoisotopic (exact) mass is 411 g/mol. The molecule has 0 aliphatic rings. The third-order valence-electron chi connectivity index (χ3n) is 3.06. The molecule has 142 valence electrons. The zero-order valence-electron chi connectivity index (χ0n) is 14.1. The molecule has 0 bridgehead atoms. The van der Waals surface area contributed by atoms with Crippen molar-refractivity contribution in [3.05, 3.63) is 51.8 Å². The van der Waals surface area contributed by atoms with E-state index in [1.807, 2.05) is 0 Å². The number of carboxylic acid groups (broad SMARTS) is 1. The molecule has 2 N–H and O–H groups in total. The summed E-state index contributed by atoms with van der Waals surface area (Å²) in [6, 6.07) is 6.14. The molecule has 0 radical (unpaired) electrons. The minimum absolute atomic E-state index is 0.0619. The van der Waals surface area contributed by atoms with Crippen molar-refractivity contribution in [2.75, 3.05) is 13.2 Å². The molecule has 1 aromatic carbocycles. The third-order valence-corrected chi connectivity index (χ3v) is 3.64. The van der Waals surface area contributed by atoms with Crippen LogP contribution in [0.15, 0.2) is 35.6 Å². The van der Waals surface area contributed by atoms with Gasteiger partial charge >= 0.3 is 5.97 Å². The number of nitrogens with zero attached hydrogens (tertiary/aromatic N) is 2. The molecule has 0 saturated carbocycles. The summed E-state index contributed by atoms with van der Waals surface area (Å²) < 4.78 is 10.6. The second-order valence-corrected chi connectivity index (χ2v) is 5.75. The Morgan fingerprint density at radius 3 is 2.78 bits per heavy atom. The molecule has 10 heteroatoms. The average Bonchev–Trinajstić information content (AvgIpc) is 2.61. The molecule has 2 aromatic rings. The lowest BCUT2D eigenvalue weighted by Gasteiger charge is -2.13. The van der Waals surface area contributed by atoms with Crippen LogP contribution >= 0.6 is 23.2 Å². The Bertz CT molecular complexity index is 874. The van der Waals surface area contributed by atoms with Crippen LogP contribution < -0.4 is 14.9 Å². The minimum atomic E-state index is -1.14. The topological polar surface area (TPSA) is 110 Å². The molecule has 0 unspecified atom stereocenters. The molecule has 0 atom stereocenters. The number of pyridine rings is 1. The van der Waals surface area contributed by atoms with Crippen LogP contribution in [0.1, 0.15) is 22.8 Å². The number of carboxylic acids is 1. The predicted molar refractivity (Wildman–Crippen MR) is 100 cm³/mol. The van der Waals surface area contributed by atoms with E-state index in [0.29, 0.717) is 12.2 Å². The van der Waals surface area contributed by atoms with Crippen LogP contribution in [0.25, 0.3) is 0 Å². The number of rotatable bonds is 8. The van der Waals surface area contributed by atoms with Gasteiger partial charge in [-0.2, -0.15) is 5.10 Å². The number of carbonyl (C=O) groups excluding carboxylic acids is 1. The van der Waals surface area contributed by atoms with E-state index in [9.17, 15) is 9.59 Å². The number of hydrogen-bond acceptors (Lipinski definition) is 6. The smallest absolute Gasteiger partial charge is 0.341 e. The number of carbonyl (C=O) groups is 2. The molecule has 1 amide bonds. The molecule has 0 spiro atoms. The lowest BCUT2D eigenvalue weighted by molar-refractivity contribution is -0.139. The molecular weight excluding hydrogens is 397 g/mol. The van der Waals surface area contributed by atoms with Crippen molar-refractivity contribution in [3.8, 4) is 11.5 Å². The summed E-state index contributed by atoms with van der Waals surface area (Å²) in [5.41, 5.74) is 3.01. The zero-order chi connectivity index (χ0) is 19.8. The van der Waals surface area contributed by atoms with E-state index in [1.54, 1.807) is 19.1 Å². The molecular formula is C17H15Cl2N3O5. The van der Waals surface area contributed by atoms with Crippen molar-refractivity contribution in [1.82, 2.24) is 10.4 Å². The Balaban J connectivity index is 2.15. The van der Waals surface area contributed by atoms with Gasteiger partial charge in [0, 0.05) is 6.20 Å². The SMILES string of the molecule is CCOc1cc(C=NNC(=O)c2cccnc2Cl)cc(Cl)c1OCC(=O)O. The number of ether oxygens (including phenoxy) is 2. The summed E-state index contributed by atoms with van der Waals surface area (Å²) in [5.74, 6) is -1.30. The number of nitrogens with one attached hydrogen (secondary N) is 1. The Hall–Kier alpha value is -2.84. The van der Waals surface area contributed by atoms with Crippen molar-refractivity contribution in [1.29, 1.82) is 0 Å². The largest absolute Gasteiger partial charge is 0.490 e. The quantitative estimate of drug-likeness (QED) is 0.392. The normalized spacial score (nSPS) is 10.6. The third kappa shape index (κ3) is 5.83. The van der Waals surface area contributed by atoms with E-state index in [-0.39, 0.29) is 27.2 Å². The lowest BCUT2D eigenvalue weighted by atomic mass is 10.2. The summed E-state index contributed by atoms with van der Waals surface area (Å²) in [6.45, 7) is 1.51. The van der Waals surface area contributed by atoms with Crippen molar-refractivity contribution in [2.45, 2.75) is 6.92 Å². The lowest BCUT2D eigenvalue weighted by Crippen LogP contribution is -2.18. The molecule has 1 aromatic heterocycles. The van der Waals surface area contributed by atoms with Crippen molar-refractivity contribution >= 4 is 41.3 Å². The molecule has 0 aliphatic heterocycles. The maximum absolute atomic E-state index is 12.0. The number of halogens is 2. The fraction of sp³-hybridized carbons (Fsp3) is 0.176.